The minimum absolute atomic E-state index is 0.681. The molecule has 1 aliphatic rings. The zero-order chi connectivity index (χ0) is 12.1. The number of aromatic nitrogens is 1. The highest BCUT2D eigenvalue weighted by Crippen LogP contribution is 2.22. The van der Waals surface area contributed by atoms with Gasteiger partial charge in [-0.25, -0.2) is 4.98 Å². The number of pyridine rings is 1. The minimum atomic E-state index is 0.681. The lowest BCUT2D eigenvalue weighted by atomic mass is 9.97. The van der Waals surface area contributed by atoms with Gasteiger partial charge in [0.25, 0.3) is 0 Å². The molecule has 0 unspecified atom stereocenters. The monoisotopic (exact) mass is 235 g/mol. The van der Waals surface area contributed by atoms with Gasteiger partial charge in [-0.15, -0.1) is 0 Å². The van der Waals surface area contributed by atoms with Crippen LogP contribution in [0.25, 0.3) is 0 Å². The molecule has 0 aliphatic carbocycles. The smallest absolute Gasteiger partial charge is 0.237 e. The maximum atomic E-state index is 5.22. The molecule has 4 heteroatoms. The Morgan fingerprint density at radius 2 is 2.24 bits per heavy atom. The fourth-order valence-corrected chi connectivity index (χ4v) is 2.21. The van der Waals surface area contributed by atoms with Crippen molar-refractivity contribution >= 4 is 5.69 Å². The summed E-state index contributed by atoms with van der Waals surface area (Å²) in [5, 5.41) is 3.44. The number of rotatable bonds is 4. The third-order valence-corrected chi connectivity index (χ3v) is 3.38. The molecule has 1 aromatic rings. The zero-order valence-corrected chi connectivity index (χ0v) is 10.6. The molecular weight excluding hydrogens is 214 g/mol. The van der Waals surface area contributed by atoms with E-state index >= 15 is 0 Å². The average Bonchev–Trinajstić information content (AvgIpc) is 2.38. The van der Waals surface area contributed by atoms with E-state index in [1.54, 1.807) is 13.3 Å². The van der Waals surface area contributed by atoms with Gasteiger partial charge < -0.3 is 15.0 Å². The predicted octanol–water partition coefficient (Wildman–Crippen LogP) is 1.84. The van der Waals surface area contributed by atoms with E-state index < -0.39 is 0 Å². The molecule has 0 saturated carbocycles. The van der Waals surface area contributed by atoms with E-state index in [0.29, 0.717) is 5.88 Å². The van der Waals surface area contributed by atoms with Gasteiger partial charge in [-0.3, -0.25) is 0 Å². The van der Waals surface area contributed by atoms with Crippen LogP contribution in [0.15, 0.2) is 18.3 Å². The molecule has 0 amide bonds. The van der Waals surface area contributed by atoms with Gasteiger partial charge in [-0.2, -0.15) is 0 Å². The van der Waals surface area contributed by atoms with Crippen LogP contribution in [0.1, 0.15) is 12.8 Å². The van der Waals surface area contributed by atoms with Crippen LogP contribution in [0.2, 0.25) is 0 Å². The predicted molar refractivity (Wildman–Crippen MR) is 69.5 cm³/mol. The van der Waals surface area contributed by atoms with E-state index in [1.807, 2.05) is 12.1 Å². The summed E-state index contributed by atoms with van der Waals surface area (Å²) in [5.74, 6) is 1.44. The Morgan fingerprint density at radius 3 is 2.94 bits per heavy atom. The van der Waals surface area contributed by atoms with Crippen LogP contribution in [-0.4, -0.2) is 43.7 Å². The Hall–Kier alpha value is -1.29. The van der Waals surface area contributed by atoms with Crippen LogP contribution in [0.5, 0.6) is 5.88 Å². The molecule has 17 heavy (non-hydrogen) atoms. The summed E-state index contributed by atoms with van der Waals surface area (Å²) in [4.78, 5) is 6.57. The quantitative estimate of drug-likeness (QED) is 0.864. The lowest BCUT2D eigenvalue weighted by molar-refractivity contribution is 0.226. The van der Waals surface area contributed by atoms with Gasteiger partial charge in [-0.1, -0.05) is 0 Å². The first-order chi connectivity index (χ1) is 8.29. The van der Waals surface area contributed by atoms with Crippen molar-refractivity contribution in [2.24, 2.45) is 5.92 Å². The molecule has 1 N–H and O–H groups in total. The van der Waals surface area contributed by atoms with Gasteiger partial charge in [0.1, 0.15) is 0 Å². The Balaban J connectivity index is 1.85. The largest absolute Gasteiger partial charge is 0.480 e. The highest BCUT2D eigenvalue weighted by Gasteiger charge is 2.16. The molecule has 0 spiro atoms. The van der Waals surface area contributed by atoms with Crippen LogP contribution in [0, 0.1) is 5.92 Å². The molecule has 0 aromatic carbocycles. The van der Waals surface area contributed by atoms with E-state index in [1.165, 1.54) is 25.9 Å². The summed E-state index contributed by atoms with van der Waals surface area (Å²) in [5.41, 5.74) is 0.994. The minimum Gasteiger partial charge on any atom is -0.480 e. The first kappa shape index (κ1) is 12.2. The summed E-state index contributed by atoms with van der Waals surface area (Å²) in [6.45, 7) is 3.42. The second-order valence-electron chi connectivity index (χ2n) is 4.69. The van der Waals surface area contributed by atoms with Crippen molar-refractivity contribution in [1.82, 2.24) is 9.88 Å². The Kier molecular flexibility index (Phi) is 4.20. The summed E-state index contributed by atoms with van der Waals surface area (Å²) in [6, 6.07) is 3.94. The highest BCUT2D eigenvalue weighted by atomic mass is 16.5. The van der Waals surface area contributed by atoms with Crippen molar-refractivity contribution in [3.05, 3.63) is 18.3 Å². The Labute approximate surface area is 103 Å². The van der Waals surface area contributed by atoms with Gasteiger partial charge in [0.15, 0.2) is 0 Å². The summed E-state index contributed by atoms with van der Waals surface area (Å²) in [7, 11) is 3.84. The van der Waals surface area contributed by atoms with Crippen molar-refractivity contribution in [1.29, 1.82) is 0 Å². The molecule has 2 rings (SSSR count). The lowest BCUT2D eigenvalue weighted by Crippen LogP contribution is -2.33. The van der Waals surface area contributed by atoms with Crippen LogP contribution in [-0.2, 0) is 0 Å². The Bertz CT molecular complexity index is 348. The number of piperidine rings is 1. The summed E-state index contributed by atoms with van der Waals surface area (Å²) < 4.78 is 5.22. The summed E-state index contributed by atoms with van der Waals surface area (Å²) in [6.07, 6.45) is 4.29. The first-order valence-corrected chi connectivity index (χ1v) is 6.21. The molecule has 1 aliphatic heterocycles. The highest BCUT2D eigenvalue weighted by molar-refractivity contribution is 5.51. The second kappa shape index (κ2) is 5.87. The van der Waals surface area contributed by atoms with Crippen molar-refractivity contribution in [3.8, 4) is 5.88 Å². The molecule has 0 radical (unpaired) electrons. The standard InChI is InChI=1S/C13H21N3O/c1-16-8-5-11(6-9-16)10-15-12-4-3-7-14-13(12)17-2/h3-4,7,11,15H,5-6,8-10H2,1-2H3. The number of likely N-dealkylation sites (tertiary alicyclic amines) is 1. The molecule has 1 saturated heterocycles. The van der Waals surface area contributed by atoms with E-state index in [4.69, 9.17) is 4.74 Å². The average molecular weight is 235 g/mol. The topological polar surface area (TPSA) is 37.4 Å². The van der Waals surface area contributed by atoms with Crippen LogP contribution in [0.3, 0.4) is 0 Å². The van der Waals surface area contributed by atoms with Gasteiger partial charge in [-0.05, 0) is 51.0 Å². The second-order valence-corrected chi connectivity index (χ2v) is 4.69. The molecule has 1 aromatic heterocycles. The van der Waals surface area contributed by atoms with Crippen LogP contribution < -0.4 is 10.1 Å². The van der Waals surface area contributed by atoms with Crippen LogP contribution in [0.4, 0.5) is 5.69 Å². The molecule has 4 nitrogen and oxygen atoms in total. The fourth-order valence-electron chi connectivity index (χ4n) is 2.21. The lowest BCUT2D eigenvalue weighted by Gasteiger charge is -2.29. The van der Waals surface area contributed by atoms with E-state index in [9.17, 15) is 0 Å². The molecule has 2 heterocycles. The van der Waals surface area contributed by atoms with Crippen LogP contribution >= 0.6 is 0 Å². The third-order valence-electron chi connectivity index (χ3n) is 3.38. The number of hydrogen-bond acceptors (Lipinski definition) is 4. The molecule has 1 fully saturated rings. The Morgan fingerprint density at radius 1 is 1.47 bits per heavy atom. The van der Waals surface area contributed by atoms with Gasteiger partial charge in [0.2, 0.25) is 5.88 Å². The number of hydrogen-bond donors (Lipinski definition) is 1. The van der Waals surface area contributed by atoms with E-state index in [-0.39, 0.29) is 0 Å². The fraction of sp³-hybridized carbons (Fsp3) is 0.615. The van der Waals surface area contributed by atoms with Crippen molar-refractivity contribution < 1.29 is 4.74 Å². The maximum Gasteiger partial charge on any atom is 0.237 e. The van der Waals surface area contributed by atoms with Gasteiger partial charge in [0.05, 0.1) is 12.8 Å². The summed E-state index contributed by atoms with van der Waals surface area (Å²) >= 11 is 0. The first-order valence-electron chi connectivity index (χ1n) is 6.21. The molecule has 0 bridgehead atoms. The molecular formula is C13H21N3O. The third kappa shape index (κ3) is 3.33. The van der Waals surface area contributed by atoms with Crippen molar-refractivity contribution in [2.45, 2.75) is 12.8 Å². The number of methoxy groups -OCH3 is 1. The number of nitrogens with zero attached hydrogens (tertiary/aromatic N) is 2. The molecule has 0 atom stereocenters. The number of ether oxygens (including phenoxy) is 1. The van der Waals surface area contributed by atoms with Crippen molar-refractivity contribution in [2.75, 3.05) is 39.1 Å². The normalized spacial score (nSPS) is 18.0. The maximum absolute atomic E-state index is 5.22. The van der Waals surface area contributed by atoms with E-state index in [2.05, 4.69) is 22.2 Å². The SMILES string of the molecule is COc1ncccc1NCC1CCN(C)CC1. The van der Waals surface area contributed by atoms with Gasteiger partial charge >= 0.3 is 0 Å². The molecule has 94 valence electrons. The van der Waals surface area contributed by atoms with E-state index in [0.717, 1.165) is 18.2 Å². The van der Waals surface area contributed by atoms with Gasteiger partial charge in [0, 0.05) is 12.7 Å². The number of anilines is 1. The number of nitrogens with one attached hydrogen (secondary N) is 1. The van der Waals surface area contributed by atoms with Crippen molar-refractivity contribution in [3.63, 3.8) is 0 Å². The zero-order valence-electron chi connectivity index (χ0n) is 10.6.